The van der Waals surface area contributed by atoms with Gasteiger partial charge in [-0.2, -0.15) is 0 Å². The Morgan fingerprint density at radius 3 is 2.56 bits per heavy atom. The number of carboxylic acid groups (broad SMARTS) is 1. The summed E-state index contributed by atoms with van der Waals surface area (Å²) in [6.45, 7) is 5.82. The Hall–Kier alpha value is -0.650. The number of rotatable bonds is 10. The second kappa shape index (κ2) is 8.50. The summed E-state index contributed by atoms with van der Waals surface area (Å²) in [5.74, 6) is -0.845. The van der Waals surface area contributed by atoms with Crippen LogP contribution in [-0.2, 0) is 14.3 Å². The van der Waals surface area contributed by atoms with Crippen molar-refractivity contribution in [2.24, 2.45) is 5.73 Å². The lowest BCUT2D eigenvalue weighted by atomic mass is 9.99. The molecule has 96 valence electrons. The molecule has 1 unspecified atom stereocenters. The Bertz CT molecular complexity index is 198. The summed E-state index contributed by atoms with van der Waals surface area (Å²) >= 11 is 0. The van der Waals surface area contributed by atoms with Crippen molar-refractivity contribution in [1.82, 2.24) is 0 Å². The molecule has 5 heteroatoms. The molecule has 0 aromatic heterocycles. The standard InChI is InChI=1S/C11H23NO4/c1-3-11(2,5-6-12)16-9-8-15-7-4-10(13)14/h3-9,12H2,1-2H3,(H,13,14). The molecule has 0 aromatic carbocycles. The Morgan fingerprint density at radius 2 is 2.06 bits per heavy atom. The molecule has 16 heavy (non-hydrogen) atoms. The van der Waals surface area contributed by atoms with E-state index in [1.165, 1.54) is 0 Å². The third-order valence-corrected chi connectivity index (χ3v) is 2.56. The van der Waals surface area contributed by atoms with Crippen LogP contribution in [0.2, 0.25) is 0 Å². The highest BCUT2D eigenvalue weighted by atomic mass is 16.5. The zero-order valence-corrected chi connectivity index (χ0v) is 10.2. The molecule has 3 N–H and O–H groups in total. The lowest BCUT2D eigenvalue weighted by Gasteiger charge is -2.28. The van der Waals surface area contributed by atoms with Crippen molar-refractivity contribution in [3.05, 3.63) is 0 Å². The van der Waals surface area contributed by atoms with Gasteiger partial charge in [0.25, 0.3) is 0 Å². The first-order valence-corrected chi connectivity index (χ1v) is 5.67. The molecule has 0 saturated carbocycles. The minimum atomic E-state index is -0.845. The van der Waals surface area contributed by atoms with Crippen LogP contribution in [0.5, 0.6) is 0 Å². The minimum absolute atomic E-state index is 0.0356. The molecule has 1 atom stereocenters. The molecular formula is C11H23NO4. The molecule has 0 radical (unpaired) electrons. The second-order valence-electron chi connectivity index (χ2n) is 3.95. The molecule has 0 aromatic rings. The van der Waals surface area contributed by atoms with E-state index in [0.29, 0.717) is 19.8 Å². The summed E-state index contributed by atoms with van der Waals surface area (Å²) in [4.78, 5) is 10.2. The topological polar surface area (TPSA) is 81.8 Å². The van der Waals surface area contributed by atoms with E-state index in [4.69, 9.17) is 20.3 Å². The van der Waals surface area contributed by atoms with Gasteiger partial charge in [0.1, 0.15) is 0 Å². The molecule has 0 fully saturated rings. The van der Waals surface area contributed by atoms with Crippen LogP contribution in [0.25, 0.3) is 0 Å². The van der Waals surface area contributed by atoms with Crippen LogP contribution in [0, 0.1) is 0 Å². The van der Waals surface area contributed by atoms with E-state index < -0.39 is 5.97 Å². The van der Waals surface area contributed by atoms with Crippen molar-refractivity contribution in [1.29, 1.82) is 0 Å². The first-order valence-electron chi connectivity index (χ1n) is 5.67. The predicted molar refractivity (Wildman–Crippen MR) is 61.4 cm³/mol. The molecule has 0 heterocycles. The highest BCUT2D eigenvalue weighted by Gasteiger charge is 2.21. The summed E-state index contributed by atoms with van der Waals surface area (Å²) < 4.78 is 10.8. The van der Waals surface area contributed by atoms with Crippen molar-refractivity contribution >= 4 is 5.97 Å². The lowest BCUT2D eigenvalue weighted by Crippen LogP contribution is -2.32. The Labute approximate surface area is 96.9 Å². The van der Waals surface area contributed by atoms with Crippen LogP contribution >= 0.6 is 0 Å². The number of hydrogen-bond donors (Lipinski definition) is 2. The molecule has 5 nitrogen and oxygen atoms in total. The number of carboxylic acids is 1. The van der Waals surface area contributed by atoms with Crippen molar-refractivity contribution < 1.29 is 19.4 Å². The Kier molecular flexibility index (Phi) is 8.15. The van der Waals surface area contributed by atoms with E-state index >= 15 is 0 Å². The van der Waals surface area contributed by atoms with E-state index in [1.54, 1.807) is 0 Å². The lowest BCUT2D eigenvalue weighted by molar-refractivity contribution is -0.138. The second-order valence-corrected chi connectivity index (χ2v) is 3.95. The Morgan fingerprint density at radius 1 is 1.38 bits per heavy atom. The normalized spacial score (nSPS) is 14.7. The summed E-state index contributed by atoms with van der Waals surface area (Å²) in [6.07, 6.45) is 1.76. The monoisotopic (exact) mass is 233 g/mol. The quantitative estimate of drug-likeness (QED) is 0.550. The first-order chi connectivity index (χ1) is 7.54. The molecule has 0 bridgehead atoms. The third kappa shape index (κ3) is 7.62. The van der Waals surface area contributed by atoms with Gasteiger partial charge in [-0.05, 0) is 26.3 Å². The van der Waals surface area contributed by atoms with E-state index in [2.05, 4.69) is 6.92 Å². The third-order valence-electron chi connectivity index (χ3n) is 2.56. The van der Waals surface area contributed by atoms with Gasteiger partial charge in [-0.25, -0.2) is 0 Å². The van der Waals surface area contributed by atoms with Gasteiger partial charge in [-0.1, -0.05) is 6.92 Å². The number of hydrogen-bond acceptors (Lipinski definition) is 4. The van der Waals surface area contributed by atoms with E-state index in [0.717, 1.165) is 12.8 Å². The molecule has 0 amide bonds. The fraction of sp³-hybridized carbons (Fsp3) is 0.909. The molecule has 0 aliphatic rings. The maximum absolute atomic E-state index is 10.2. The summed E-state index contributed by atoms with van der Waals surface area (Å²) in [5.41, 5.74) is 5.31. The van der Waals surface area contributed by atoms with E-state index in [9.17, 15) is 4.79 Å². The molecule has 0 aliphatic carbocycles. The fourth-order valence-corrected chi connectivity index (χ4v) is 1.26. The molecular weight excluding hydrogens is 210 g/mol. The molecule has 0 spiro atoms. The fourth-order valence-electron chi connectivity index (χ4n) is 1.26. The number of aliphatic carboxylic acids is 1. The summed E-state index contributed by atoms with van der Waals surface area (Å²) in [5, 5.41) is 8.38. The van der Waals surface area contributed by atoms with Crippen molar-refractivity contribution in [3.8, 4) is 0 Å². The Balaban J connectivity index is 3.51. The molecule has 0 saturated heterocycles. The van der Waals surface area contributed by atoms with Crippen molar-refractivity contribution in [3.63, 3.8) is 0 Å². The zero-order valence-electron chi connectivity index (χ0n) is 10.2. The van der Waals surface area contributed by atoms with Gasteiger partial charge in [-0.15, -0.1) is 0 Å². The first kappa shape index (κ1) is 15.3. The van der Waals surface area contributed by atoms with Crippen molar-refractivity contribution in [2.45, 2.75) is 38.7 Å². The minimum Gasteiger partial charge on any atom is -0.481 e. The smallest absolute Gasteiger partial charge is 0.305 e. The number of carbonyl (C=O) groups is 1. The number of ether oxygens (including phenoxy) is 2. The number of nitrogens with two attached hydrogens (primary N) is 1. The highest BCUT2D eigenvalue weighted by molar-refractivity contribution is 5.66. The maximum atomic E-state index is 10.2. The van der Waals surface area contributed by atoms with Gasteiger partial charge in [0.2, 0.25) is 0 Å². The van der Waals surface area contributed by atoms with Gasteiger partial charge in [0.15, 0.2) is 0 Å². The van der Waals surface area contributed by atoms with Crippen LogP contribution in [0.1, 0.15) is 33.1 Å². The molecule has 0 rings (SSSR count). The predicted octanol–water partition coefficient (Wildman–Crippen LogP) is 1.01. The van der Waals surface area contributed by atoms with Crippen LogP contribution in [0.4, 0.5) is 0 Å². The van der Waals surface area contributed by atoms with Gasteiger partial charge in [-0.3, -0.25) is 4.79 Å². The van der Waals surface area contributed by atoms with Crippen molar-refractivity contribution in [2.75, 3.05) is 26.4 Å². The van der Waals surface area contributed by atoms with Crippen LogP contribution in [0.15, 0.2) is 0 Å². The highest BCUT2D eigenvalue weighted by Crippen LogP contribution is 2.18. The van der Waals surface area contributed by atoms with Gasteiger partial charge < -0.3 is 20.3 Å². The largest absolute Gasteiger partial charge is 0.481 e. The van der Waals surface area contributed by atoms with Gasteiger partial charge >= 0.3 is 5.97 Å². The molecule has 0 aliphatic heterocycles. The van der Waals surface area contributed by atoms with Crippen LogP contribution in [0.3, 0.4) is 0 Å². The summed E-state index contributed by atoms with van der Waals surface area (Å²) in [6, 6.07) is 0. The average Bonchev–Trinajstić information content (AvgIpc) is 2.23. The zero-order chi connectivity index (χ0) is 12.4. The van der Waals surface area contributed by atoms with E-state index in [-0.39, 0.29) is 18.6 Å². The average molecular weight is 233 g/mol. The summed E-state index contributed by atoms with van der Waals surface area (Å²) in [7, 11) is 0. The van der Waals surface area contributed by atoms with Gasteiger partial charge in [0.05, 0.1) is 31.8 Å². The maximum Gasteiger partial charge on any atom is 0.305 e. The van der Waals surface area contributed by atoms with Gasteiger partial charge in [0, 0.05) is 0 Å². The van der Waals surface area contributed by atoms with E-state index in [1.807, 2.05) is 6.92 Å². The van der Waals surface area contributed by atoms with Crippen LogP contribution in [-0.4, -0.2) is 43.0 Å². The van der Waals surface area contributed by atoms with Crippen LogP contribution < -0.4 is 5.73 Å². The SMILES string of the molecule is CCC(C)(CCN)OCCOCCC(=O)O.